The van der Waals surface area contributed by atoms with Gasteiger partial charge >= 0.3 is 0 Å². The quantitative estimate of drug-likeness (QED) is 0.409. The Kier molecular flexibility index (Phi) is 8.04. The van der Waals surface area contributed by atoms with Gasteiger partial charge in [0.2, 0.25) is 5.01 Å². The minimum atomic E-state index is -0.298. The van der Waals surface area contributed by atoms with E-state index in [1.807, 2.05) is 31.2 Å². The highest BCUT2D eigenvalue weighted by molar-refractivity contribution is 7.13. The molecule has 0 bridgehead atoms. The van der Waals surface area contributed by atoms with E-state index in [0.717, 1.165) is 30.5 Å². The van der Waals surface area contributed by atoms with Gasteiger partial charge in [-0.25, -0.2) is 0 Å². The molecule has 176 valence electrons. The molecule has 34 heavy (non-hydrogen) atoms. The minimum absolute atomic E-state index is 0.0867. The number of hydrogen-bond acceptors (Lipinski definition) is 6. The van der Waals surface area contributed by atoms with Gasteiger partial charge in [-0.1, -0.05) is 41.2 Å². The molecule has 0 saturated carbocycles. The number of nitrogens with one attached hydrogen (secondary N) is 2. The summed E-state index contributed by atoms with van der Waals surface area (Å²) in [6.07, 6.45) is 8.05. The van der Waals surface area contributed by atoms with Crippen LogP contribution in [0.1, 0.15) is 62.8 Å². The van der Waals surface area contributed by atoms with Gasteiger partial charge in [-0.15, -0.1) is 10.2 Å². The van der Waals surface area contributed by atoms with Crippen molar-refractivity contribution in [1.29, 1.82) is 0 Å². The number of carbonyl (C=O) groups excluding carboxylic acids is 2. The Hall–Kier alpha value is -3.52. The van der Waals surface area contributed by atoms with Crippen molar-refractivity contribution in [2.45, 2.75) is 45.6 Å². The first-order valence-corrected chi connectivity index (χ1v) is 12.3. The fraction of sp³-hybridized carbons (Fsp3) is 0.308. The van der Waals surface area contributed by atoms with E-state index < -0.39 is 0 Å². The van der Waals surface area contributed by atoms with E-state index in [-0.39, 0.29) is 23.4 Å². The molecular formula is C26H28N4O3S. The Morgan fingerprint density at radius 3 is 2.62 bits per heavy atom. The normalized spacial score (nSPS) is 13.1. The number of ether oxygens (including phenoxy) is 1. The van der Waals surface area contributed by atoms with E-state index in [1.54, 1.807) is 24.3 Å². The molecule has 0 aliphatic heterocycles. The number of hydrogen-bond donors (Lipinski definition) is 2. The summed E-state index contributed by atoms with van der Waals surface area (Å²) in [6.45, 7) is 2.77. The predicted molar refractivity (Wildman–Crippen MR) is 133 cm³/mol. The maximum Gasteiger partial charge on any atom is 0.286 e. The second-order valence-corrected chi connectivity index (χ2v) is 9.26. The Labute approximate surface area is 203 Å². The number of amides is 2. The molecule has 8 heteroatoms. The standard InChI is InChI=1S/C26H28N4O3S/c1-18-7-5-6-10-22(18)28-25(32)26-30-29-23(34-26)17-33-21-13-11-20(12-14-21)24(31)27-16-15-19-8-3-2-4-9-19/h5-8,10-14H,2-4,9,15-17H2,1H3,(H,27,31)(H,28,32). The smallest absolute Gasteiger partial charge is 0.286 e. The van der Waals surface area contributed by atoms with Crippen molar-refractivity contribution >= 4 is 28.8 Å². The average Bonchev–Trinajstić information content (AvgIpc) is 3.34. The molecule has 0 radical (unpaired) electrons. The molecule has 0 unspecified atom stereocenters. The number of para-hydroxylation sites is 1. The molecule has 0 spiro atoms. The molecule has 4 rings (SSSR count). The highest BCUT2D eigenvalue weighted by atomic mass is 32.1. The summed E-state index contributed by atoms with van der Waals surface area (Å²) in [7, 11) is 0. The molecule has 3 aromatic rings. The highest BCUT2D eigenvalue weighted by Gasteiger charge is 2.14. The Bertz CT molecular complexity index is 1170. The molecule has 2 N–H and O–H groups in total. The van der Waals surface area contributed by atoms with E-state index >= 15 is 0 Å². The fourth-order valence-corrected chi connectivity index (χ4v) is 4.36. The lowest BCUT2D eigenvalue weighted by Crippen LogP contribution is -2.24. The minimum Gasteiger partial charge on any atom is -0.486 e. The molecular weight excluding hydrogens is 448 g/mol. The van der Waals surface area contributed by atoms with Crippen LogP contribution in [0.5, 0.6) is 5.75 Å². The van der Waals surface area contributed by atoms with Gasteiger partial charge in [-0.3, -0.25) is 9.59 Å². The molecule has 0 atom stereocenters. The summed E-state index contributed by atoms with van der Waals surface area (Å²) >= 11 is 1.19. The second-order valence-electron chi connectivity index (χ2n) is 8.20. The molecule has 0 saturated heterocycles. The maximum absolute atomic E-state index is 12.4. The first-order chi connectivity index (χ1) is 16.6. The monoisotopic (exact) mass is 476 g/mol. The zero-order valence-electron chi connectivity index (χ0n) is 19.2. The number of aryl methyl sites for hydroxylation is 1. The summed E-state index contributed by atoms with van der Waals surface area (Å²) in [6, 6.07) is 14.6. The number of carbonyl (C=O) groups is 2. The number of rotatable bonds is 9. The Balaban J connectivity index is 1.23. The fourth-order valence-electron chi connectivity index (χ4n) is 3.71. The highest BCUT2D eigenvalue weighted by Crippen LogP contribution is 2.20. The zero-order chi connectivity index (χ0) is 23.8. The summed E-state index contributed by atoms with van der Waals surface area (Å²) < 4.78 is 5.75. The SMILES string of the molecule is Cc1ccccc1NC(=O)c1nnc(COc2ccc(C(=O)NCCC3=CCCCC3)cc2)s1. The number of nitrogens with zero attached hydrogens (tertiary/aromatic N) is 2. The molecule has 1 aliphatic rings. The van der Waals surface area contributed by atoms with Gasteiger partial charge in [0.25, 0.3) is 11.8 Å². The molecule has 7 nitrogen and oxygen atoms in total. The van der Waals surface area contributed by atoms with Crippen LogP contribution in [0.3, 0.4) is 0 Å². The number of allylic oxidation sites excluding steroid dienone is 1. The molecule has 2 aromatic carbocycles. The largest absolute Gasteiger partial charge is 0.486 e. The van der Waals surface area contributed by atoms with Crippen molar-refractivity contribution in [3.63, 3.8) is 0 Å². The van der Waals surface area contributed by atoms with Crippen LogP contribution in [0.4, 0.5) is 5.69 Å². The van der Waals surface area contributed by atoms with Gasteiger partial charge < -0.3 is 15.4 Å². The van der Waals surface area contributed by atoms with Crippen LogP contribution >= 0.6 is 11.3 Å². The number of anilines is 1. The topological polar surface area (TPSA) is 93.2 Å². The third-order valence-electron chi connectivity index (χ3n) is 5.65. The Morgan fingerprint density at radius 2 is 1.85 bits per heavy atom. The first-order valence-electron chi connectivity index (χ1n) is 11.5. The van der Waals surface area contributed by atoms with Crippen molar-refractivity contribution in [2.24, 2.45) is 0 Å². The van der Waals surface area contributed by atoms with Gasteiger partial charge in [0.05, 0.1) is 0 Å². The second kappa shape index (κ2) is 11.6. The van der Waals surface area contributed by atoms with E-state index in [1.165, 1.54) is 29.8 Å². The lowest BCUT2D eigenvalue weighted by molar-refractivity contribution is 0.0953. The molecule has 1 aromatic heterocycles. The van der Waals surface area contributed by atoms with Crippen LogP contribution in [0.25, 0.3) is 0 Å². The summed E-state index contributed by atoms with van der Waals surface area (Å²) in [5, 5.41) is 14.7. The van der Waals surface area contributed by atoms with Crippen LogP contribution in [0, 0.1) is 6.92 Å². The van der Waals surface area contributed by atoms with Gasteiger partial charge in [0.1, 0.15) is 12.4 Å². The van der Waals surface area contributed by atoms with Crippen LogP contribution in [-0.4, -0.2) is 28.6 Å². The summed E-state index contributed by atoms with van der Waals surface area (Å²) in [5.74, 6) is 0.231. The van der Waals surface area contributed by atoms with Crippen molar-refractivity contribution in [2.75, 3.05) is 11.9 Å². The van der Waals surface area contributed by atoms with Crippen LogP contribution in [0.2, 0.25) is 0 Å². The molecule has 0 fully saturated rings. The molecule has 2 amide bonds. The lowest BCUT2D eigenvalue weighted by Gasteiger charge is -2.13. The van der Waals surface area contributed by atoms with E-state index in [9.17, 15) is 9.59 Å². The number of benzene rings is 2. The van der Waals surface area contributed by atoms with Crippen molar-refractivity contribution in [1.82, 2.24) is 15.5 Å². The van der Waals surface area contributed by atoms with E-state index in [0.29, 0.717) is 22.9 Å². The van der Waals surface area contributed by atoms with Crippen molar-refractivity contribution in [3.8, 4) is 5.75 Å². The van der Waals surface area contributed by atoms with Crippen LogP contribution in [-0.2, 0) is 6.61 Å². The van der Waals surface area contributed by atoms with E-state index in [4.69, 9.17) is 4.74 Å². The van der Waals surface area contributed by atoms with Crippen LogP contribution < -0.4 is 15.4 Å². The van der Waals surface area contributed by atoms with Gasteiger partial charge in [-0.05, 0) is 74.9 Å². The average molecular weight is 477 g/mol. The number of aromatic nitrogens is 2. The summed E-state index contributed by atoms with van der Waals surface area (Å²) in [4.78, 5) is 24.8. The third-order valence-corrected chi connectivity index (χ3v) is 6.55. The van der Waals surface area contributed by atoms with Gasteiger partial charge in [-0.2, -0.15) is 0 Å². The van der Waals surface area contributed by atoms with Crippen LogP contribution in [0.15, 0.2) is 60.2 Å². The summed E-state index contributed by atoms with van der Waals surface area (Å²) in [5.41, 5.74) is 3.76. The maximum atomic E-state index is 12.4. The predicted octanol–water partition coefficient (Wildman–Crippen LogP) is 5.30. The Morgan fingerprint density at radius 1 is 1.03 bits per heavy atom. The van der Waals surface area contributed by atoms with Gasteiger partial charge in [0, 0.05) is 17.8 Å². The van der Waals surface area contributed by atoms with Gasteiger partial charge in [0.15, 0.2) is 5.01 Å². The first kappa shape index (κ1) is 23.6. The third kappa shape index (κ3) is 6.51. The molecule has 1 heterocycles. The van der Waals surface area contributed by atoms with Crippen molar-refractivity contribution < 1.29 is 14.3 Å². The zero-order valence-corrected chi connectivity index (χ0v) is 20.0. The van der Waals surface area contributed by atoms with E-state index in [2.05, 4.69) is 26.9 Å². The molecule has 1 aliphatic carbocycles. The van der Waals surface area contributed by atoms with Crippen molar-refractivity contribution in [3.05, 3.63) is 81.3 Å². The lowest BCUT2D eigenvalue weighted by atomic mass is 9.97.